The van der Waals surface area contributed by atoms with Crippen LogP contribution >= 0.6 is 0 Å². The van der Waals surface area contributed by atoms with Crippen molar-refractivity contribution in [2.75, 3.05) is 0 Å². The molecule has 1 aliphatic rings. The fourth-order valence-electron chi connectivity index (χ4n) is 0.886. The highest BCUT2D eigenvalue weighted by molar-refractivity contribution is 5.28. The molecule has 0 aromatic rings. The molecule has 0 heterocycles. The van der Waals surface area contributed by atoms with Gasteiger partial charge in [-0.2, -0.15) is 0 Å². The molecule has 1 heteroatoms. The second kappa shape index (κ2) is 1.59. The number of hydrogen-bond acceptors (Lipinski definition) is 1. The first-order valence-corrected chi connectivity index (χ1v) is 3.05. The average Bonchev–Trinajstić information content (AvgIpc) is 2.17. The second-order valence-corrected chi connectivity index (χ2v) is 2.92. The maximum Gasteiger partial charge on any atom is 0.101 e. The van der Waals surface area contributed by atoms with Gasteiger partial charge in [0.05, 0.1) is 0 Å². The van der Waals surface area contributed by atoms with Crippen molar-refractivity contribution in [1.82, 2.24) is 0 Å². The molecule has 0 aliphatic heterocycles. The van der Waals surface area contributed by atoms with Crippen molar-refractivity contribution in [3.63, 3.8) is 0 Å². The molecule has 0 radical (unpaired) electrons. The Morgan fingerprint density at radius 2 is 2.00 bits per heavy atom. The van der Waals surface area contributed by atoms with E-state index in [9.17, 15) is 5.11 Å². The van der Waals surface area contributed by atoms with Gasteiger partial charge in [-0.15, -0.1) is 0 Å². The summed E-state index contributed by atoms with van der Waals surface area (Å²) in [6.45, 7) is 4.22. The molecule has 46 valence electrons. The van der Waals surface area contributed by atoms with Crippen LogP contribution < -0.4 is 0 Å². The molecule has 0 atom stereocenters. The standard InChI is InChI=1S/C7H12O/c1-6(2)5-7(8)3-4-7/h3-4,6,8H,5H2,1-2H3. The molecule has 0 unspecified atom stereocenters. The number of aliphatic hydroxyl groups is 1. The first kappa shape index (κ1) is 5.83. The smallest absolute Gasteiger partial charge is 0.101 e. The van der Waals surface area contributed by atoms with E-state index in [1.165, 1.54) is 0 Å². The molecule has 1 aliphatic carbocycles. The molecule has 0 saturated carbocycles. The fourth-order valence-corrected chi connectivity index (χ4v) is 0.886. The minimum Gasteiger partial charge on any atom is -0.382 e. The summed E-state index contributed by atoms with van der Waals surface area (Å²) in [5.41, 5.74) is -0.478. The van der Waals surface area contributed by atoms with Gasteiger partial charge in [-0.05, 0) is 12.3 Å². The predicted molar refractivity (Wildman–Crippen MR) is 33.5 cm³/mol. The van der Waals surface area contributed by atoms with Gasteiger partial charge in [0, 0.05) is 0 Å². The Balaban J connectivity index is 2.20. The molecule has 0 amide bonds. The van der Waals surface area contributed by atoms with E-state index in [2.05, 4.69) is 13.8 Å². The topological polar surface area (TPSA) is 20.2 Å². The summed E-state index contributed by atoms with van der Waals surface area (Å²) in [5.74, 6) is 0.593. The second-order valence-electron chi connectivity index (χ2n) is 2.92. The minimum atomic E-state index is -0.478. The van der Waals surface area contributed by atoms with Gasteiger partial charge in [0.1, 0.15) is 5.60 Å². The van der Waals surface area contributed by atoms with E-state index in [0.717, 1.165) is 6.42 Å². The molecule has 0 aromatic carbocycles. The molecule has 1 N–H and O–H groups in total. The van der Waals surface area contributed by atoms with E-state index in [-0.39, 0.29) is 0 Å². The van der Waals surface area contributed by atoms with Crippen LogP contribution in [0.2, 0.25) is 0 Å². The Hall–Kier alpha value is -0.300. The molecule has 0 spiro atoms. The van der Waals surface area contributed by atoms with E-state index in [4.69, 9.17) is 0 Å². The molecule has 0 saturated heterocycles. The lowest BCUT2D eigenvalue weighted by molar-refractivity contribution is 0.151. The summed E-state index contributed by atoms with van der Waals surface area (Å²) in [6, 6.07) is 0. The van der Waals surface area contributed by atoms with Gasteiger partial charge < -0.3 is 5.11 Å². The van der Waals surface area contributed by atoms with Crippen molar-refractivity contribution < 1.29 is 5.11 Å². The third kappa shape index (κ3) is 1.34. The van der Waals surface area contributed by atoms with E-state index in [1.54, 1.807) is 0 Å². The highest BCUT2D eigenvalue weighted by Crippen LogP contribution is 2.29. The van der Waals surface area contributed by atoms with Crippen molar-refractivity contribution in [3.05, 3.63) is 12.2 Å². The average molecular weight is 112 g/mol. The molecular formula is C7H12O. The number of hydrogen-bond donors (Lipinski definition) is 1. The van der Waals surface area contributed by atoms with E-state index in [1.807, 2.05) is 12.2 Å². The molecule has 0 bridgehead atoms. The van der Waals surface area contributed by atoms with E-state index >= 15 is 0 Å². The van der Waals surface area contributed by atoms with Crippen LogP contribution in [-0.2, 0) is 0 Å². The zero-order valence-corrected chi connectivity index (χ0v) is 5.39. The lowest BCUT2D eigenvalue weighted by Gasteiger charge is -2.09. The molecular weight excluding hydrogens is 100 g/mol. The fraction of sp³-hybridized carbons (Fsp3) is 0.714. The lowest BCUT2D eigenvalue weighted by Crippen LogP contribution is -2.11. The largest absolute Gasteiger partial charge is 0.382 e. The van der Waals surface area contributed by atoms with Gasteiger partial charge in [-0.1, -0.05) is 26.0 Å². The van der Waals surface area contributed by atoms with Crippen LogP contribution in [0.15, 0.2) is 12.2 Å². The van der Waals surface area contributed by atoms with Crippen molar-refractivity contribution in [2.45, 2.75) is 25.9 Å². The summed E-state index contributed by atoms with van der Waals surface area (Å²) in [5, 5.41) is 9.19. The Kier molecular flexibility index (Phi) is 1.16. The van der Waals surface area contributed by atoms with Crippen LogP contribution in [-0.4, -0.2) is 10.7 Å². The first-order chi connectivity index (χ1) is 3.62. The van der Waals surface area contributed by atoms with Gasteiger partial charge in [0.25, 0.3) is 0 Å². The minimum absolute atomic E-state index is 0.478. The van der Waals surface area contributed by atoms with Gasteiger partial charge in [-0.25, -0.2) is 0 Å². The van der Waals surface area contributed by atoms with E-state index < -0.39 is 5.60 Å². The van der Waals surface area contributed by atoms with Crippen molar-refractivity contribution in [3.8, 4) is 0 Å². The van der Waals surface area contributed by atoms with Crippen LogP contribution in [0, 0.1) is 5.92 Å². The summed E-state index contributed by atoms with van der Waals surface area (Å²) < 4.78 is 0. The number of rotatable bonds is 2. The Labute approximate surface area is 50.0 Å². The van der Waals surface area contributed by atoms with Crippen LogP contribution in [0.1, 0.15) is 20.3 Å². The summed E-state index contributed by atoms with van der Waals surface area (Å²) >= 11 is 0. The van der Waals surface area contributed by atoms with Crippen LogP contribution in [0.3, 0.4) is 0 Å². The predicted octanol–water partition coefficient (Wildman–Crippen LogP) is 1.33. The monoisotopic (exact) mass is 112 g/mol. The molecule has 0 aromatic heterocycles. The van der Waals surface area contributed by atoms with Gasteiger partial charge >= 0.3 is 0 Å². The van der Waals surface area contributed by atoms with Crippen molar-refractivity contribution in [2.24, 2.45) is 5.92 Å². The first-order valence-electron chi connectivity index (χ1n) is 3.05. The van der Waals surface area contributed by atoms with Crippen LogP contribution in [0.25, 0.3) is 0 Å². The molecule has 8 heavy (non-hydrogen) atoms. The maximum absolute atomic E-state index is 9.19. The lowest BCUT2D eigenvalue weighted by atomic mass is 10.0. The SMILES string of the molecule is CC(C)CC1(O)C=C1. The van der Waals surface area contributed by atoms with E-state index in [0.29, 0.717) is 5.92 Å². The highest BCUT2D eigenvalue weighted by atomic mass is 16.3. The highest BCUT2D eigenvalue weighted by Gasteiger charge is 2.30. The van der Waals surface area contributed by atoms with Crippen molar-refractivity contribution >= 4 is 0 Å². The summed E-state index contributed by atoms with van der Waals surface area (Å²) in [6.07, 6.45) is 4.56. The molecule has 0 fully saturated rings. The Morgan fingerprint density at radius 3 is 2.12 bits per heavy atom. The molecule has 1 nitrogen and oxygen atoms in total. The zero-order chi connectivity index (χ0) is 6.20. The van der Waals surface area contributed by atoms with Gasteiger partial charge in [0.2, 0.25) is 0 Å². The van der Waals surface area contributed by atoms with Gasteiger partial charge in [-0.3, -0.25) is 0 Å². The zero-order valence-electron chi connectivity index (χ0n) is 5.39. The molecule has 1 rings (SSSR count). The summed E-state index contributed by atoms with van der Waals surface area (Å²) in [7, 11) is 0. The third-order valence-corrected chi connectivity index (χ3v) is 1.29. The Morgan fingerprint density at radius 1 is 1.50 bits per heavy atom. The summed E-state index contributed by atoms with van der Waals surface area (Å²) in [4.78, 5) is 0. The normalized spacial score (nSPS) is 22.0. The third-order valence-electron chi connectivity index (χ3n) is 1.29. The maximum atomic E-state index is 9.19. The van der Waals surface area contributed by atoms with Crippen molar-refractivity contribution in [1.29, 1.82) is 0 Å². The van der Waals surface area contributed by atoms with Crippen LogP contribution in [0.5, 0.6) is 0 Å². The van der Waals surface area contributed by atoms with Crippen LogP contribution in [0.4, 0.5) is 0 Å². The Bertz CT molecular complexity index is 108. The van der Waals surface area contributed by atoms with Gasteiger partial charge in [0.15, 0.2) is 0 Å². The quantitative estimate of drug-likeness (QED) is 0.534.